The average molecular weight is 274 g/mol. The van der Waals surface area contributed by atoms with Gasteiger partial charge in [-0.15, -0.1) is 0 Å². The second-order valence-electron chi connectivity index (χ2n) is 4.81. The van der Waals surface area contributed by atoms with Gasteiger partial charge in [-0.3, -0.25) is 10.5 Å². The molecule has 1 heterocycles. The predicted octanol–water partition coefficient (Wildman–Crippen LogP) is 2.16. The minimum Gasteiger partial charge on any atom is -0.496 e. The van der Waals surface area contributed by atoms with Gasteiger partial charge in [0.2, 0.25) is 0 Å². The Balaban J connectivity index is 2.39. The molecule has 3 N–H and O–H groups in total. The van der Waals surface area contributed by atoms with E-state index in [0.29, 0.717) is 0 Å². The molecule has 0 bridgehead atoms. The molecule has 0 aliphatic rings. The molecular formula is C15H22N4O. The second-order valence-corrected chi connectivity index (χ2v) is 4.81. The summed E-state index contributed by atoms with van der Waals surface area (Å²) in [6.45, 7) is 5.03. The van der Waals surface area contributed by atoms with Crippen molar-refractivity contribution < 1.29 is 4.74 Å². The first-order valence-electron chi connectivity index (χ1n) is 6.83. The first-order chi connectivity index (χ1) is 9.71. The van der Waals surface area contributed by atoms with Gasteiger partial charge >= 0.3 is 0 Å². The zero-order valence-electron chi connectivity index (χ0n) is 12.3. The second kappa shape index (κ2) is 6.54. The van der Waals surface area contributed by atoms with Gasteiger partial charge in [0.1, 0.15) is 5.75 Å². The van der Waals surface area contributed by atoms with Crippen LogP contribution in [0, 0.1) is 6.92 Å². The van der Waals surface area contributed by atoms with Crippen molar-refractivity contribution in [2.75, 3.05) is 7.11 Å². The van der Waals surface area contributed by atoms with Crippen LogP contribution in [0.25, 0.3) is 0 Å². The quantitative estimate of drug-likeness (QED) is 0.626. The highest BCUT2D eigenvalue weighted by Crippen LogP contribution is 2.27. The van der Waals surface area contributed by atoms with E-state index in [1.807, 2.05) is 29.8 Å². The van der Waals surface area contributed by atoms with Crippen molar-refractivity contribution in [3.05, 3.63) is 47.3 Å². The number of nitrogens with one attached hydrogen (secondary N) is 1. The summed E-state index contributed by atoms with van der Waals surface area (Å²) < 4.78 is 7.37. The van der Waals surface area contributed by atoms with E-state index in [1.54, 1.807) is 13.3 Å². The van der Waals surface area contributed by atoms with Gasteiger partial charge in [0.05, 0.1) is 18.8 Å². The van der Waals surface area contributed by atoms with Gasteiger partial charge < -0.3 is 4.74 Å². The van der Waals surface area contributed by atoms with Gasteiger partial charge in [0.25, 0.3) is 0 Å². The van der Waals surface area contributed by atoms with Gasteiger partial charge in [0.15, 0.2) is 0 Å². The predicted molar refractivity (Wildman–Crippen MR) is 79.4 cm³/mol. The number of aryl methyl sites for hydroxylation is 2. The minimum atomic E-state index is -0.0986. The van der Waals surface area contributed by atoms with Crippen molar-refractivity contribution >= 4 is 0 Å². The van der Waals surface area contributed by atoms with Crippen molar-refractivity contribution in [2.45, 2.75) is 32.9 Å². The van der Waals surface area contributed by atoms with Gasteiger partial charge in [0, 0.05) is 12.7 Å². The third kappa shape index (κ3) is 2.84. The first kappa shape index (κ1) is 14.6. The maximum Gasteiger partial charge on any atom is 0.122 e. The van der Waals surface area contributed by atoms with E-state index in [4.69, 9.17) is 10.6 Å². The van der Waals surface area contributed by atoms with E-state index in [1.165, 1.54) is 0 Å². The molecule has 2 aromatic rings. The van der Waals surface area contributed by atoms with Crippen molar-refractivity contribution in [2.24, 2.45) is 5.84 Å². The summed E-state index contributed by atoms with van der Waals surface area (Å²) in [5, 5.41) is 4.35. The highest BCUT2D eigenvalue weighted by atomic mass is 16.5. The van der Waals surface area contributed by atoms with Crippen molar-refractivity contribution in [1.82, 2.24) is 15.2 Å². The average Bonchev–Trinajstić information content (AvgIpc) is 2.90. The molecule has 108 valence electrons. The van der Waals surface area contributed by atoms with E-state index in [0.717, 1.165) is 35.5 Å². The molecule has 0 spiro atoms. The Morgan fingerprint density at radius 3 is 2.85 bits per heavy atom. The number of hydrogen-bond donors (Lipinski definition) is 2. The van der Waals surface area contributed by atoms with Crippen LogP contribution in [0.1, 0.15) is 36.2 Å². The Bertz CT molecular complexity index is 565. The fraction of sp³-hybridized carbons (Fsp3) is 0.400. The number of hydrazine groups is 1. The molecule has 5 nitrogen and oxygen atoms in total. The van der Waals surface area contributed by atoms with E-state index in [-0.39, 0.29) is 6.04 Å². The van der Waals surface area contributed by atoms with Crippen LogP contribution in [0.2, 0.25) is 0 Å². The summed E-state index contributed by atoms with van der Waals surface area (Å²) >= 11 is 0. The number of aromatic nitrogens is 2. The Hall–Kier alpha value is -1.85. The molecule has 0 aliphatic carbocycles. The lowest BCUT2D eigenvalue weighted by Gasteiger charge is -2.19. The number of rotatable bonds is 6. The Labute approximate surface area is 119 Å². The molecule has 1 aromatic heterocycles. The van der Waals surface area contributed by atoms with Gasteiger partial charge in [-0.25, -0.2) is 5.43 Å². The van der Waals surface area contributed by atoms with Crippen LogP contribution in [0.3, 0.4) is 0 Å². The van der Waals surface area contributed by atoms with E-state index in [9.17, 15) is 0 Å². The van der Waals surface area contributed by atoms with Crippen LogP contribution in [0.4, 0.5) is 0 Å². The third-order valence-electron chi connectivity index (χ3n) is 3.41. The number of ether oxygens (including phenoxy) is 1. The number of hydrogen-bond acceptors (Lipinski definition) is 4. The van der Waals surface area contributed by atoms with Crippen LogP contribution in [0.15, 0.2) is 30.5 Å². The van der Waals surface area contributed by atoms with Gasteiger partial charge in [-0.05, 0) is 36.6 Å². The Morgan fingerprint density at radius 1 is 1.40 bits per heavy atom. The summed E-state index contributed by atoms with van der Waals surface area (Å²) in [5.41, 5.74) is 6.10. The zero-order valence-corrected chi connectivity index (χ0v) is 12.3. The van der Waals surface area contributed by atoms with Gasteiger partial charge in [-0.2, -0.15) is 5.10 Å². The molecule has 0 fully saturated rings. The zero-order chi connectivity index (χ0) is 14.5. The molecule has 0 amide bonds. The largest absolute Gasteiger partial charge is 0.496 e. The molecule has 20 heavy (non-hydrogen) atoms. The fourth-order valence-corrected chi connectivity index (χ4v) is 2.36. The molecule has 2 rings (SSSR count). The highest BCUT2D eigenvalue weighted by Gasteiger charge is 2.17. The smallest absolute Gasteiger partial charge is 0.122 e. The number of methoxy groups -OCH3 is 1. The van der Waals surface area contributed by atoms with Crippen LogP contribution in [-0.4, -0.2) is 16.9 Å². The lowest BCUT2D eigenvalue weighted by atomic mass is 10.0. The number of nitrogens with zero attached hydrogens (tertiary/aromatic N) is 2. The Morgan fingerprint density at radius 2 is 2.20 bits per heavy atom. The third-order valence-corrected chi connectivity index (χ3v) is 3.41. The normalized spacial score (nSPS) is 12.4. The summed E-state index contributed by atoms with van der Waals surface area (Å²) in [7, 11) is 1.68. The molecule has 0 saturated heterocycles. The number of benzene rings is 1. The molecular weight excluding hydrogens is 252 g/mol. The van der Waals surface area contributed by atoms with E-state index >= 15 is 0 Å². The first-order valence-corrected chi connectivity index (χ1v) is 6.83. The number of nitrogens with two attached hydrogens (primary N) is 1. The molecule has 0 aliphatic heterocycles. The monoisotopic (exact) mass is 274 g/mol. The standard InChI is InChI=1S/C15H22N4O/c1-4-9-19-13(7-8-17-19)15(18-16)12-6-5-11(2)14(10-12)20-3/h5-8,10,15,18H,4,9,16H2,1-3H3. The minimum absolute atomic E-state index is 0.0986. The lowest BCUT2D eigenvalue weighted by molar-refractivity contribution is 0.410. The van der Waals surface area contributed by atoms with Crippen molar-refractivity contribution in [1.29, 1.82) is 0 Å². The molecule has 1 atom stereocenters. The summed E-state index contributed by atoms with van der Waals surface area (Å²) in [5.74, 6) is 6.62. The maximum atomic E-state index is 5.76. The van der Waals surface area contributed by atoms with E-state index < -0.39 is 0 Å². The van der Waals surface area contributed by atoms with Crippen molar-refractivity contribution in [3.63, 3.8) is 0 Å². The van der Waals surface area contributed by atoms with Crippen LogP contribution in [0.5, 0.6) is 5.75 Å². The van der Waals surface area contributed by atoms with Crippen LogP contribution in [-0.2, 0) is 6.54 Å². The molecule has 1 aromatic carbocycles. The summed E-state index contributed by atoms with van der Waals surface area (Å²) in [6, 6.07) is 8.01. The molecule has 0 saturated carbocycles. The Kier molecular flexibility index (Phi) is 4.76. The van der Waals surface area contributed by atoms with E-state index in [2.05, 4.69) is 23.5 Å². The fourth-order valence-electron chi connectivity index (χ4n) is 2.36. The summed E-state index contributed by atoms with van der Waals surface area (Å²) in [4.78, 5) is 0. The molecule has 0 radical (unpaired) electrons. The lowest BCUT2D eigenvalue weighted by Crippen LogP contribution is -2.30. The molecule has 1 unspecified atom stereocenters. The van der Waals surface area contributed by atoms with Crippen LogP contribution < -0.4 is 16.0 Å². The van der Waals surface area contributed by atoms with Gasteiger partial charge in [-0.1, -0.05) is 19.1 Å². The maximum absolute atomic E-state index is 5.76. The van der Waals surface area contributed by atoms with Crippen LogP contribution >= 0.6 is 0 Å². The topological polar surface area (TPSA) is 65.1 Å². The SMILES string of the molecule is CCCn1nccc1C(NN)c1ccc(C)c(OC)c1. The van der Waals surface area contributed by atoms with Crippen molar-refractivity contribution in [3.8, 4) is 5.75 Å². The highest BCUT2D eigenvalue weighted by molar-refractivity contribution is 5.40. The molecule has 5 heteroatoms. The summed E-state index contributed by atoms with van der Waals surface area (Å²) in [6.07, 6.45) is 2.84.